The summed E-state index contributed by atoms with van der Waals surface area (Å²) in [6.45, 7) is 4.29. The van der Waals surface area contributed by atoms with Gasteiger partial charge in [-0.3, -0.25) is 5.10 Å². The van der Waals surface area contributed by atoms with Gasteiger partial charge in [0, 0.05) is 12.3 Å². The predicted octanol–water partition coefficient (Wildman–Crippen LogP) is 2.89. The van der Waals surface area contributed by atoms with Crippen LogP contribution in [0.3, 0.4) is 0 Å². The summed E-state index contributed by atoms with van der Waals surface area (Å²) in [6, 6.07) is 6.57. The van der Waals surface area contributed by atoms with Gasteiger partial charge in [-0.25, -0.2) is 4.98 Å². The second-order valence-electron chi connectivity index (χ2n) is 5.01. The van der Waals surface area contributed by atoms with Crippen LogP contribution in [0, 0.1) is 13.8 Å². The van der Waals surface area contributed by atoms with Crippen molar-refractivity contribution in [1.29, 1.82) is 0 Å². The van der Waals surface area contributed by atoms with Crippen LogP contribution in [0.25, 0.3) is 0 Å². The Labute approximate surface area is 101 Å². The molecule has 88 valence electrons. The lowest BCUT2D eigenvalue weighted by molar-refractivity contribution is 0.932. The molecule has 0 spiro atoms. The quantitative estimate of drug-likeness (QED) is 0.876. The molecule has 1 N–H and O–H groups in total. The molecule has 1 aromatic heterocycles. The molecule has 0 saturated heterocycles. The number of aryl methyl sites for hydroxylation is 2. The van der Waals surface area contributed by atoms with Crippen molar-refractivity contribution in [1.82, 2.24) is 15.2 Å². The molecule has 3 heteroatoms. The molecular formula is C14H17N3. The Morgan fingerprint density at radius 2 is 2.06 bits per heavy atom. The van der Waals surface area contributed by atoms with Crippen LogP contribution < -0.4 is 0 Å². The Morgan fingerprint density at radius 3 is 2.76 bits per heavy atom. The summed E-state index contributed by atoms with van der Waals surface area (Å²) in [5, 5.41) is 7.33. The molecule has 0 radical (unpaired) electrons. The lowest BCUT2D eigenvalue weighted by atomic mass is 10.0. The molecule has 17 heavy (non-hydrogen) atoms. The van der Waals surface area contributed by atoms with Crippen molar-refractivity contribution in [2.45, 2.75) is 39.0 Å². The molecule has 1 saturated carbocycles. The molecule has 3 rings (SSSR count). The maximum absolute atomic E-state index is 4.55. The summed E-state index contributed by atoms with van der Waals surface area (Å²) in [6.07, 6.45) is 3.35. The number of nitrogens with one attached hydrogen (secondary N) is 1. The number of aromatic nitrogens is 3. The molecule has 0 bridgehead atoms. The smallest absolute Gasteiger partial charge is 0.153 e. The molecule has 1 aliphatic carbocycles. The molecule has 2 aromatic rings. The molecule has 1 heterocycles. The van der Waals surface area contributed by atoms with Crippen LogP contribution in [0.4, 0.5) is 0 Å². The highest BCUT2D eigenvalue weighted by atomic mass is 15.2. The van der Waals surface area contributed by atoms with E-state index in [2.05, 4.69) is 47.2 Å². The van der Waals surface area contributed by atoms with E-state index in [1.165, 1.54) is 29.5 Å². The fraction of sp³-hybridized carbons (Fsp3) is 0.429. The zero-order valence-corrected chi connectivity index (χ0v) is 10.3. The zero-order valence-electron chi connectivity index (χ0n) is 10.3. The lowest BCUT2D eigenvalue weighted by Crippen LogP contribution is -1.93. The number of hydrogen-bond acceptors (Lipinski definition) is 2. The highest BCUT2D eigenvalue weighted by molar-refractivity contribution is 5.31. The number of nitrogens with zero attached hydrogens (tertiary/aromatic N) is 2. The van der Waals surface area contributed by atoms with Crippen molar-refractivity contribution < 1.29 is 0 Å². The normalized spacial score (nSPS) is 15.2. The monoisotopic (exact) mass is 227 g/mol. The van der Waals surface area contributed by atoms with E-state index in [9.17, 15) is 0 Å². The first kappa shape index (κ1) is 10.5. The first-order valence-corrected chi connectivity index (χ1v) is 6.19. The SMILES string of the molecule is Cc1ccc(Cc2nc(C3CC3)n[nH]2)cc1C. The second kappa shape index (κ2) is 3.99. The molecule has 0 unspecified atom stereocenters. The molecule has 3 nitrogen and oxygen atoms in total. The van der Waals surface area contributed by atoms with E-state index in [1.807, 2.05) is 0 Å². The maximum atomic E-state index is 4.55. The predicted molar refractivity (Wildman–Crippen MR) is 67.1 cm³/mol. The number of hydrogen-bond donors (Lipinski definition) is 1. The van der Waals surface area contributed by atoms with Crippen LogP contribution in [-0.2, 0) is 6.42 Å². The number of aromatic amines is 1. The van der Waals surface area contributed by atoms with Gasteiger partial charge in [-0.05, 0) is 43.4 Å². The topological polar surface area (TPSA) is 41.6 Å². The summed E-state index contributed by atoms with van der Waals surface area (Å²) < 4.78 is 0. The van der Waals surface area contributed by atoms with Gasteiger partial charge in [0.2, 0.25) is 0 Å². The molecule has 0 aliphatic heterocycles. The largest absolute Gasteiger partial charge is 0.263 e. The average molecular weight is 227 g/mol. The number of H-pyrrole nitrogens is 1. The van der Waals surface area contributed by atoms with Gasteiger partial charge in [-0.15, -0.1) is 0 Å². The van der Waals surface area contributed by atoms with Gasteiger partial charge < -0.3 is 0 Å². The van der Waals surface area contributed by atoms with E-state index in [0.29, 0.717) is 5.92 Å². The van der Waals surface area contributed by atoms with Crippen LogP contribution in [0.1, 0.15) is 47.1 Å². The highest BCUT2D eigenvalue weighted by Crippen LogP contribution is 2.37. The van der Waals surface area contributed by atoms with Crippen molar-refractivity contribution in [3.63, 3.8) is 0 Å². The van der Waals surface area contributed by atoms with Crippen LogP contribution in [0.2, 0.25) is 0 Å². The van der Waals surface area contributed by atoms with E-state index in [1.54, 1.807) is 0 Å². The molecular weight excluding hydrogens is 210 g/mol. The third kappa shape index (κ3) is 2.23. The summed E-state index contributed by atoms with van der Waals surface area (Å²) in [5.41, 5.74) is 3.97. The van der Waals surface area contributed by atoms with Crippen molar-refractivity contribution in [3.8, 4) is 0 Å². The van der Waals surface area contributed by atoms with Crippen LogP contribution in [0.15, 0.2) is 18.2 Å². The van der Waals surface area contributed by atoms with E-state index >= 15 is 0 Å². The Balaban J connectivity index is 1.78. The van der Waals surface area contributed by atoms with E-state index in [0.717, 1.165) is 18.1 Å². The van der Waals surface area contributed by atoms with E-state index in [4.69, 9.17) is 0 Å². The van der Waals surface area contributed by atoms with Crippen molar-refractivity contribution >= 4 is 0 Å². The Bertz CT molecular complexity index is 538. The molecule has 1 fully saturated rings. The first-order valence-electron chi connectivity index (χ1n) is 6.19. The van der Waals surface area contributed by atoms with Crippen LogP contribution in [-0.4, -0.2) is 15.2 Å². The summed E-state index contributed by atoms with van der Waals surface area (Å²) >= 11 is 0. The van der Waals surface area contributed by atoms with Crippen LogP contribution in [0.5, 0.6) is 0 Å². The van der Waals surface area contributed by atoms with E-state index < -0.39 is 0 Å². The Kier molecular flexibility index (Phi) is 2.46. The summed E-state index contributed by atoms with van der Waals surface area (Å²) in [7, 11) is 0. The van der Waals surface area contributed by atoms with Crippen molar-refractivity contribution in [2.24, 2.45) is 0 Å². The minimum atomic E-state index is 0.625. The van der Waals surface area contributed by atoms with Gasteiger partial charge in [0.25, 0.3) is 0 Å². The molecule has 1 aromatic carbocycles. The minimum Gasteiger partial charge on any atom is -0.263 e. The fourth-order valence-corrected chi connectivity index (χ4v) is 2.02. The van der Waals surface area contributed by atoms with Crippen molar-refractivity contribution in [2.75, 3.05) is 0 Å². The summed E-state index contributed by atoms with van der Waals surface area (Å²) in [4.78, 5) is 4.55. The minimum absolute atomic E-state index is 0.625. The lowest BCUT2D eigenvalue weighted by Gasteiger charge is -2.03. The van der Waals surface area contributed by atoms with Gasteiger partial charge in [-0.1, -0.05) is 18.2 Å². The third-order valence-electron chi connectivity index (χ3n) is 3.43. The Hall–Kier alpha value is -1.64. The summed E-state index contributed by atoms with van der Waals surface area (Å²) in [5.74, 6) is 2.61. The highest BCUT2D eigenvalue weighted by Gasteiger charge is 2.27. The average Bonchev–Trinajstić information content (AvgIpc) is 3.06. The van der Waals surface area contributed by atoms with Gasteiger partial charge in [-0.2, -0.15) is 5.10 Å². The van der Waals surface area contributed by atoms with Gasteiger partial charge >= 0.3 is 0 Å². The molecule has 0 atom stereocenters. The fourth-order valence-electron chi connectivity index (χ4n) is 2.02. The molecule has 1 aliphatic rings. The van der Waals surface area contributed by atoms with Crippen LogP contribution >= 0.6 is 0 Å². The molecule has 0 amide bonds. The first-order chi connectivity index (χ1) is 8.22. The van der Waals surface area contributed by atoms with Gasteiger partial charge in [0.15, 0.2) is 5.82 Å². The third-order valence-corrected chi connectivity index (χ3v) is 3.43. The Morgan fingerprint density at radius 1 is 1.24 bits per heavy atom. The van der Waals surface area contributed by atoms with Gasteiger partial charge in [0.05, 0.1) is 0 Å². The standard InChI is InChI=1S/C14H17N3/c1-9-3-4-11(7-10(9)2)8-13-15-14(17-16-13)12-5-6-12/h3-4,7,12H,5-6,8H2,1-2H3,(H,15,16,17). The number of benzene rings is 1. The van der Waals surface area contributed by atoms with Crippen molar-refractivity contribution in [3.05, 3.63) is 46.5 Å². The second-order valence-corrected chi connectivity index (χ2v) is 5.01. The number of rotatable bonds is 3. The maximum Gasteiger partial charge on any atom is 0.153 e. The zero-order chi connectivity index (χ0) is 11.8. The van der Waals surface area contributed by atoms with E-state index in [-0.39, 0.29) is 0 Å². The van der Waals surface area contributed by atoms with Gasteiger partial charge in [0.1, 0.15) is 5.82 Å².